The van der Waals surface area contributed by atoms with E-state index in [1.165, 1.54) is 11.8 Å². The van der Waals surface area contributed by atoms with Crippen molar-refractivity contribution >= 4 is 17.7 Å². The van der Waals surface area contributed by atoms with E-state index >= 15 is 0 Å². The van der Waals surface area contributed by atoms with Gasteiger partial charge in [-0.15, -0.1) is 10.2 Å². The van der Waals surface area contributed by atoms with Gasteiger partial charge in [0.05, 0.1) is 5.75 Å². The quantitative estimate of drug-likeness (QED) is 0.458. The van der Waals surface area contributed by atoms with Crippen LogP contribution in [-0.2, 0) is 18.4 Å². The standard InChI is InChI=1S/C21H20N6O2S/c1-14-8-10-16(11-9-14)18-23-20(29-26-18)19-24-25-21(27(19)2)30-13-17(28)22-12-15-6-4-3-5-7-15/h3-11H,12-13H2,1-2H3,(H,22,28). The molecule has 1 N–H and O–H groups in total. The lowest BCUT2D eigenvalue weighted by Gasteiger charge is -2.05. The Labute approximate surface area is 177 Å². The number of nitrogens with zero attached hydrogens (tertiary/aromatic N) is 5. The van der Waals surface area contributed by atoms with Gasteiger partial charge in [-0.1, -0.05) is 77.1 Å². The van der Waals surface area contributed by atoms with Gasteiger partial charge in [-0.25, -0.2) is 0 Å². The largest absolute Gasteiger partial charge is 0.351 e. The van der Waals surface area contributed by atoms with E-state index in [1.807, 2.05) is 61.5 Å². The van der Waals surface area contributed by atoms with Crippen LogP contribution in [0.1, 0.15) is 11.1 Å². The molecule has 0 bridgehead atoms. The smallest absolute Gasteiger partial charge is 0.296 e. The molecule has 8 nitrogen and oxygen atoms in total. The van der Waals surface area contributed by atoms with E-state index in [-0.39, 0.29) is 17.6 Å². The number of nitrogens with one attached hydrogen (secondary N) is 1. The predicted octanol–water partition coefficient (Wildman–Crippen LogP) is 3.25. The van der Waals surface area contributed by atoms with Gasteiger partial charge in [0.25, 0.3) is 5.89 Å². The Kier molecular flexibility index (Phi) is 5.89. The van der Waals surface area contributed by atoms with Gasteiger partial charge in [-0.05, 0) is 12.5 Å². The third-order valence-electron chi connectivity index (χ3n) is 4.43. The van der Waals surface area contributed by atoms with Gasteiger partial charge >= 0.3 is 0 Å². The Morgan fingerprint density at radius 2 is 1.87 bits per heavy atom. The van der Waals surface area contributed by atoms with E-state index < -0.39 is 0 Å². The number of aromatic nitrogens is 5. The fraction of sp³-hybridized carbons (Fsp3) is 0.190. The average molecular weight is 420 g/mol. The molecule has 30 heavy (non-hydrogen) atoms. The molecule has 0 saturated carbocycles. The zero-order valence-electron chi connectivity index (χ0n) is 16.6. The van der Waals surface area contributed by atoms with Gasteiger partial charge in [0.1, 0.15) is 0 Å². The highest BCUT2D eigenvalue weighted by Crippen LogP contribution is 2.24. The number of carbonyl (C=O) groups excluding carboxylic acids is 1. The molecule has 0 aliphatic carbocycles. The molecule has 4 aromatic rings. The van der Waals surface area contributed by atoms with Gasteiger partial charge in [0.2, 0.25) is 17.6 Å². The first kappa shape index (κ1) is 19.8. The number of amides is 1. The number of hydrogen-bond donors (Lipinski definition) is 1. The zero-order valence-corrected chi connectivity index (χ0v) is 17.4. The Bertz CT molecular complexity index is 1140. The van der Waals surface area contributed by atoms with Crippen molar-refractivity contribution in [1.29, 1.82) is 0 Å². The van der Waals surface area contributed by atoms with Crippen LogP contribution in [0.2, 0.25) is 0 Å². The summed E-state index contributed by atoms with van der Waals surface area (Å²) in [7, 11) is 1.80. The van der Waals surface area contributed by atoms with E-state index in [1.54, 1.807) is 11.6 Å². The predicted molar refractivity (Wildman–Crippen MR) is 113 cm³/mol. The number of aryl methyl sites for hydroxylation is 1. The summed E-state index contributed by atoms with van der Waals surface area (Å²) in [5, 5.41) is 15.8. The van der Waals surface area contributed by atoms with Crippen molar-refractivity contribution in [2.24, 2.45) is 7.05 Å². The molecule has 0 aliphatic rings. The Balaban J connectivity index is 1.38. The van der Waals surface area contributed by atoms with Crippen LogP contribution in [0, 0.1) is 6.92 Å². The summed E-state index contributed by atoms with van der Waals surface area (Å²) in [6.07, 6.45) is 0. The van der Waals surface area contributed by atoms with Crippen LogP contribution in [0.5, 0.6) is 0 Å². The molecule has 0 fully saturated rings. The third kappa shape index (κ3) is 4.57. The summed E-state index contributed by atoms with van der Waals surface area (Å²) in [5.74, 6) is 1.38. The lowest BCUT2D eigenvalue weighted by molar-refractivity contribution is -0.118. The van der Waals surface area contributed by atoms with Crippen molar-refractivity contribution < 1.29 is 9.32 Å². The number of benzene rings is 2. The van der Waals surface area contributed by atoms with Crippen LogP contribution in [0.3, 0.4) is 0 Å². The molecule has 0 spiro atoms. The van der Waals surface area contributed by atoms with E-state index in [0.29, 0.717) is 23.4 Å². The minimum atomic E-state index is -0.0761. The monoisotopic (exact) mass is 420 g/mol. The Hall–Kier alpha value is -3.46. The van der Waals surface area contributed by atoms with E-state index in [2.05, 4.69) is 25.7 Å². The van der Waals surface area contributed by atoms with Gasteiger partial charge in [0.15, 0.2) is 5.16 Å². The van der Waals surface area contributed by atoms with Crippen molar-refractivity contribution in [3.05, 3.63) is 65.7 Å². The van der Waals surface area contributed by atoms with Crippen molar-refractivity contribution in [2.45, 2.75) is 18.6 Å². The van der Waals surface area contributed by atoms with Crippen LogP contribution in [-0.4, -0.2) is 36.6 Å². The third-order valence-corrected chi connectivity index (χ3v) is 5.45. The van der Waals surface area contributed by atoms with Crippen LogP contribution < -0.4 is 5.32 Å². The van der Waals surface area contributed by atoms with Crippen molar-refractivity contribution in [1.82, 2.24) is 30.2 Å². The summed E-state index contributed by atoms with van der Waals surface area (Å²) < 4.78 is 7.11. The van der Waals surface area contributed by atoms with E-state index in [9.17, 15) is 4.79 Å². The molecule has 2 aromatic heterocycles. The molecule has 152 valence electrons. The molecule has 1 amide bonds. The minimum absolute atomic E-state index is 0.0761. The van der Waals surface area contributed by atoms with Crippen LogP contribution >= 0.6 is 11.8 Å². The molecule has 0 aliphatic heterocycles. The molecule has 2 aromatic carbocycles. The number of rotatable bonds is 7. The second kappa shape index (κ2) is 8.91. The molecule has 4 rings (SSSR count). The highest BCUT2D eigenvalue weighted by Gasteiger charge is 2.19. The number of carbonyl (C=O) groups is 1. The van der Waals surface area contributed by atoms with Crippen LogP contribution in [0.15, 0.2) is 64.3 Å². The van der Waals surface area contributed by atoms with Gasteiger partial charge in [-0.3, -0.25) is 4.79 Å². The lowest BCUT2D eigenvalue weighted by atomic mass is 10.1. The highest BCUT2D eigenvalue weighted by atomic mass is 32.2. The molecule has 0 saturated heterocycles. The fourth-order valence-electron chi connectivity index (χ4n) is 2.74. The molecule has 0 radical (unpaired) electrons. The van der Waals surface area contributed by atoms with Gasteiger partial charge in [-0.2, -0.15) is 4.98 Å². The van der Waals surface area contributed by atoms with Crippen molar-refractivity contribution in [3.63, 3.8) is 0 Å². The maximum atomic E-state index is 12.1. The molecule has 0 atom stereocenters. The first-order valence-corrected chi connectivity index (χ1v) is 10.3. The van der Waals surface area contributed by atoms with Crippen LogP contribution in [0.4, 0.5) is 0 Å². The average Bonchev–Trinajstić information content (AvgIpc) is 3.39. The highest BCUT2D eigenvalue weighted by molar-refractivity contribution is 7.99. The topological polar surface area (TPSA) is 98.7 Å². The van der Waals surface area contributed by atoms with E-state index in [4.69, 9.17) is 4.52 Å². The van der Waals surface area contributed by atoms with Gasteiger partial charge in [0, 0.05) is 19.2 Å². The molecule has 9 heteroatoms. The van der Waals surface area contributed by atoms with E-state index in [0.717, 1.165) is 16.7 Å². The summed E-state index contributed by atoms with van der Waals surface area (Å²) in [6.45, 7) is 2.51. The number of thioether (sulfide) groups is 1. The summed E-state index contributed by atoms with van der Waals surface area (Å²) in [4.78, 5) is 16.6. The second-order valence-corrected chi connectivity index (χ2v) is 7.65. The maximum absolute atomic E-state index is 12.1. The fourth-order valence-corrected chi connectivity index (χ4v) is 3.48. The lowest BCUT2D eigenvalue weighted by Crippen LogP contribution is -2.24. The Morgan fingerprint density at radius 3 is 2.63 bits per heavy atom. The summed E-state index contributed by atoms with van der Waals surface area (Å²) >= 11 is 1.30. The summed E-state index contributed by atoms with van der Waals surface area (Å²) in [6, 6.07) is 17.6. The van der Waals surface area contributed by atoms with Crippen molar-refractivity contribution in [2.75, 3.05) is 5.75 Å². The molecule has 2 heterocycles. The summed E-state index contributed by atoms with van der Waals surface area (Å²) in [5.41, 5.74) is 3.07. The molecular formula is C21H20N6O2S. The first-order valence-electron chi connectivity index (χ1n) is 9.34. The van der Waals surface area contributed by atoms with Crippen molar-refractivity contribution in [3.8, 4) is 23.1 Å². The second-order valence-electron chi connectivity index (χ2n) is 6.71. The molecular weight excluding hydrogens is 400 g/mol. The van der Waals surface area contributed by atoms with Gasteiger partial charge < -0.3 is 14.4 Å². The normalized spacial score (nSPS) is 10.9. The first-order chi connectivity index (χ1) is 14.6. The SMILES string of the molecule is Cc1ccc(-c2noc(-c3nnc(SCC(=O)NCc4ccccc4)n3C)n2)cc1. The Morgan fingerprint density at radius 1 is 1.10 bits per heavy atom. The molecule has 0 unspecified atom stereocenters. The number of hydrogen-bond acceptors (Lipinski definition) is 7. The van der Waals surface area contributed by atoms with Crippen LogP contribution in [0.25, 0.3) is 23.1 Å². The minimum Gasteiger partial charge on any atom is -0.351 e. The maximum Gasteiger partial charge on any atom is 0.296 e. The zero-order chi connectivity index (χ0) is 20.9.